The Bertz CT molecular complexity index is 1470. The van der Waals surface area contributed by atoms with Crippen molar-refractivity contribution in [3.05, 3.63) is 47.0 Å². The van der Waals surface area contributed by atoms with Gasteiger partial charge in [-0.05, 0) is 63.0 Å². The minimum Gasteiger partial charge on any atom is -0.466 e. The molecule has 1 unspecified atom stereocenters. The quantitative estimate of drug-likeness (QED) is 0.0174. The second-order valence-electron chi connectivity index (χ2n) is 17.7. The highest BCUT2D eigenvalue weighted by molar-refractivity contribution is 7.47. The highest BCUT2D eigenvalue weighted by Crippen LogP contribution is 2.43. The minimum atomic E-state index is -4.48. The summed E-state index contributed by atoms with van der Waals surface area (Å²) in [5.41, 5.74) is 2.60. The van der Waals surface area contributed by atoms with E-state index >= 15 is 0 Å². The summed E-state index contributed by atoms with van der Waals surface area (Å²) >= 11 is 0. The van der Waals surface area contributed by atoms with Gasteiger partial charge in [0.15, 0.2) is 6.10 Å². The van der Waals surface area contributed by atoms with Crippen LogP contribution in [0, 0.1) is 25.7 Å². The summed E-state index contributed by atoms with van der Waals surface area (Å²) in [6, 6.07) is 0. The van der Waals surface area contributed by atoms with Crippen molar-refractivity contribution < 1.29 is 61.8 Å². The van der Waals surface area contributed by atoms with Crippen LogP contribution < -0.4 is 0 Å². The number of hydrogen-bond donors (Lipinski definition) is 4. The topological polar surface area (TPSA) is 182 Å². The van der Waals surface area contributed by atoms with Crippen molar-refractivity contribution in [2.75, 3.05) is 47.5 Å². The summed E-state index contributed by atoms with van der Waals surface area (Å²) < 4.78 is 40.4. The van der Waals surface area contributed by atoms with Crippen LogP contribution in [0.3, 0.4) is 0 Å². The Labute approximate surface area is 361 Å². The highest BCUT2D eigenvalue weighted by atomic mass is 31.2. The first-order valence-electron chi connectivity index (χ1n) is 22.7. The number of carbonyl (C=O) groups excluding carboxylic acids is 2. The fraction of sp³-hybridized carbons (Fsp3) is 0.783. The SMILES string of the molecule is CCCCC[C@@H](O)/C=C/[C@@H]1[C@H](C/C=C\CC(=O)O[C@H](COC(=O)CCCCCCCCCCc2oc(CCC)c(C)c2C)COP(=O)(O)OCC[N+](C)(C)C)[C@@H](O)C[C@H]1O. The van der Waals surface area contributed by atoms with Crippen LogP contribution in [0.4, 0.5) is 0 Å². The molecular weight excluding hydrogens is 789 g/mol. The third kappa shape index (κ3) is 22.7. The molecule has 0 amide bonds. The molecule has 346 valence electrons. The van der Waals surface area contributed by atoms with E-state index in [1.165, 1.54) is 17.5 Å². The van der Waals surface area contributed by atoms with Crippen molar-refractivity contribution in [3.8, 4) is 0 Å². The summed E-state index contributed by atoms with van der Waals surface area (Å²) in [7, 11) is 1.26. The summed E-state index contributed by atoms with van der Waals surface area (Å²) in [4.78, 5) is 35.7. The lowest BCUT2D eigenvalue weighted by Crippen LogP contribution is -2.37. The van der Waals surface area contributed by atoms with Crippen molar-refractivity contribution >= 4 is 19.8 Å². The number of hydrogen-bond acceptors (Lipinski definition) is 11. The first-order chi connectivity index (χ1) is 28.5. The first-order valence-corrected chi connectivity index (χ1v) is 24.2. The number of esters is 2. The van der Waals surface area contributed by atoms with Crippen LogP contribution in [0.1, 0.15) is 146 Å². The number of carbonyl (C=O) groups is 2. The zero-order valence-electron chi connectivity index (χ0n) is 38.0. The number of phosphoric ester groups is 1. The van der Waals surface area contributed by atoms with Crippen molar-refractivity contribution in [1.29, 1.82) is 0 Å². The number of aryl methyl sites for hydroxylation is 2. The number of phosphoric acid groups is 1. The molecule has 7 atom stereocenters. The number of ether oxygens (including phenoxy) is 2. The van der Waals surface area contributed by atoms with Gasteiger partial charge in [0, 0.05) is 31.6 Å². The maximum absolute atomic E-state index is 12.9. The van der Waals surface area contributed by atoms with Gasteiger partial charge in [0.25, 0.3) is 0 Å². The molecule has 1 aromatic rings. The third-order valence-corrected chi connectivity index (χ3v) is 12.2. The van der Waals surface area contributed by atoms with Gasteiger partial charge in [-0.3, -0.25) is 18.6 Å². The number of nitrogens with zero attached hydrogens (tertiary/aromatic N) is 1. The molecule has 2 rings (SSSR count). The average Bonchev–Trinajstić information content (AvgIpc) is 3.60. The average molecular weight is 871 g/mol. The zero-order valence-corrected chi connectivity index (χ0v) is 38.9. The number of quaternary nitrogens is 1. The van der Waals surface area contributed by atoms with E-state index < -0.39 is 50.8 Å². The van der Waals surface area contributed by atoms with E-state index in [1.54, 1.807) is 24.3 Å². The molecule has 1 fully saturated rings. The van der Waals surface area contributed by atoms with E-state index in [9.17, 15) is 34.4 Å². The molecule has 0 saturated heterocycles. The second kappa shape index (κ2) is 29.1. The van der Waals surface area contributed by atoms with Crippen molar-refractivity contribution in [2.45, 2.75) is 174 Å². The summed E-state index contributed by atoms with van der Waals surface area (Å²) in [5, 5.41) is 31.5. The number of furan rings is 1. The van der Waals surface area contributed by atoms with Crippen molar-refractivity contribution in [2.24, 2.45) is 11.8 Å². The normalized spacial score (nSPS) is 20.5. The van der Waals surface area contributed by atoms with Gasteiger partial charge in [-0.1, -0.05) is 95.9 Å². The fourth-order valence-electron chi connectivity index (χ4n) is 7.39. The number of rotatable bonds is 33. The maximum atomic E-state index is 12.9. The largest absolute Gasteiger partial charge is 0.472 e. The number of allylic oxidation sites excluding steroid dienone is 1. The molecule has 0 bridgehead atoms. The molecule has 13 nitrogen and oxygen atoms in total. The van der Waals surface area contributed by atoms with E-state index in [1.807, 2.05) is 21.1 Å². The molecule has 0 aliphatic heterocycles. The Morgan fingerprint density at radius 3 is 2.13 bits per heavy atom. The lowest BCUT2D eigenvalue weighted by Gasteiger charge is -2.24. The van der Waals surface area contributed by atoms with Gasteiger partial charge in [0.05, 0.1) is 52.5 Å². The number of aliphatic hydroxyl groups excluding tert-OH is 3. The summed E-state index contributed by atoms with van der Waals surface area (Å²) in [6.07, 6.45) is 19.2. The maximum Gasteiger partial charge on any atom is 0.472 e. The number of aliphatic hydroxyl groups is 3. The smallest absolute Gasteiger partial charge is 0.466 e. The van der Waals surface area contributed by atoms with Crippen LogP contribution >= 0.6 is 7.82 Å². The fourth-order valence-corrected chi connectivity index (χ4v) is 8.13. The molecule has 0 spiro atoms. The number of likely N-dealkylation sites (N-methyl/N-ethyl adjacent to an activating group) is 1. The second-order valence-corrected chi connectivity index (χ2v) is 19.1. The Morgan fingerprint density at radius 2 is 1.48 bits per heavy atom. The highest BCUT2D eigenvalue weighted by Gasteiger charge is 2.39. The lowest BCUT2D eigenvalue weighted by molar-refractivity contribution is -0.870. The van der Waals surface area contributed by atoms with Crippen LogP contribution in [-0.4, -0.2) is 109 Å². The van der Waals surface area contributed by atoms with Gasteiger partial charge in [-0.25, -0.2) is 4.57 Å². The predicted octanol–water partition coefficient (Wildman–Crippen LogP) is 8.39. The molecule has 4 N–H and O–H groups in total. The molecule has 60 heavy (non-hydrogen) atoms. The molecule has 1 aromatic heterocycles. The van der Waals surface area contributed by atoms with E-state index in [2.05, 4.69) is 27.7 Å². The monoisotopic (exact) mass is 871 g/mol. The van der Waals surface area contributed by atoms with E-state index in [4.69, 9.17) is 22.9 Å². The van der Waals surface area contributed by atoms with Crippen LogP contribution in [0.25, 0.3) is 0 Å². The first kappa shape index (κ1) is 53.8. The molecule has 14 heteroatoms. The summed E-state index contributed by atoms with van der Waals surface area (Å²) in [6.45, 7) is 8.13. The third-order valence-electron chi connectivity index (χ3n) is 11.3. The van der Waals surface area contributed by atoms with E-state index in [0.29, 0.717) is 30.3 Å². The van der Waals surface area contributed by atoms with Gasteiger partial charge < -0.3 is 38.6 Å². The van der Waals surface area contributed by atoms with E-state index in [0.717, 1.165) is 88.6 Å². The Kier molecular flexibility index (Phi) is 26.1. The van der Waals surface area contributed by atoms with Crippen LogP contribution in [0.15, 0.2) is 28.7 Å². The van der Waals surface area contributed by atoms with E-state index in [-0.39, 0.29) is 44.3 Å². The van der Waals surface area contributed by atoms with Crippen LogP contribution in [-0.2, 0) is 45.5 Å². The van der Waals surface area contributed by atoms with Crippen LogP contribution in [0.2, 0.25) is 0 Å². The van der Waals surface area contributed by atoms with Crippen molar-refractivity contribution in [3.63, 3.8) is 0 Å². The van der Waals surface area contributed by atoms with Gasteiger partial charge >= 0.3 is 19.8 Å². The molecule has 1 aliphatic carbocycles. The lowest BCUT2D eigenvalue weighted by atomic mass is 9.89. The van der Waals surface area contributed by atoms with Gasteiger partial charge in [0.1, 0.15) is 31.3 Å². The Morgan fingerprint density at radius 1 is 0.833 bits per heavy atom. The molecule has 0 aromatic carbocycles. The minimum absolute atomic E-state index is 0.0322. The number of unbranched alkanes of at least 4 members (excludes halogenated alkanes) is 9. The van der Waals surface area contributed by atoms with Gasteiger partial charge in [0.2, 0.25) is 0 Å². The molecular formula is C46H81NO12P+. The standard InChI is InChI=1S/C46H80NO12P/c1-8-10-17-23-37(48)28-29-40-39(41(49)32-42(40)50)24-20-21-27-46(52)58-38(34-57-60(53,54)56-31-30-47(5,6)7)33-55-45(51)26-19-16-14-12-11-13-15-18-25-44-36(4)35(3)43(59-44)22-9-2/h20-21,28-29,37-42,48-50H,8-19,22-27,30-34H2,1-7H3/p+1/b21-20-,29-28+/t37-,38-,39+,40-,41+,42-/m1/s1. The molecule has 1 heterocycles. The molecule has 0 radical (unpaired) electrons. The van der Waals surface area contributed by atoms with Gasteiger partial charge in [-0.2, -0.15) is 0 Å². The molecule has 1 aliphatic rings. The summed E-state index contributed by atoms with van der Waals surface area (Å²) in [5.74, 6) is 0.510. The zero-order chi connectivity index (χ0) is 44.6. The van der Waals surface area contributed by atoms with Crippen molar-refractivity contribution in [1.82, 2.24) is 0 Å². The van der Waals surface area contributed by atoms with Crippen LogP contribution in [0.5, 0.6) is 0 Å². The predicted molar refractivity (Wildman–Crippen MR) is 234 cm³/mol. The van der Waals surface area contributed by atoms with Gasteiger partial charge in [-0.15, -0.1) is 0 Å². The Hall–Kier alpha value is -2.35. The molecule has 1 saturated carbocycles. The Balaban J connectivity index is 1.79.